The van der Waals surface area contributed by atoms with Crippen LogP contribution in [0.25, 0.3) is 0 Å². The molecule has 0 radical (unpaired) electrons. The fraction of sp³-hybridized carbons (Fsp3) is 0.533. The van der Waals surface area contributed by atoms with Gasteiger partial charge in [0.1, 0.15) is 0 Å². The molecule has 0 saturated heterocycles. The maximum Gasteiger partial charge on any atom is 0.315 e. The Balaban J connectivity index is 1.75. The Morgan fingerprint density at radius 3 is 2.79 bits per heavy atom. The lowest BCUT2D eigenvalue weighted by Crippen LogP contribution is -2.37. The minimum atomic E-state index is -0.114. The molecule has 0 heterocycles. The van der Waals surface area contributed by atoms with Gasteiger partial charge in [-0.05, 0) is 29.9 Å². The molecule has 19 heavy (non-hydrogen) atoms. The highest BCUT2D eigenvalue weighted by atomic mass is 16.3. The van der Waals surface area contributed by atoms with E-state index in [0.717, 1.165) is 17.5 Å². The molecule has 1 aliphatic rings. The van der Waals surface area contributed by atoms with E-state index >= 15 is 0 Å². The van der Waals surface area contributed by atoms with Gasteiger partial charge in [0.15, 0.2) is 0 Å². The van der Waals surface area contributed by atoms with E-state index in [9.17, 15) is 9.90 Å². The smallest absolute Gasteiger partial charge is 0.315 e. The highest BCUT2D eigenvalue weighted by Crippen LogP contribution is 2.34. The van der Waals surface area contributed by atoms with Gasteiger partial charge in [-0.15, -0.1) is 0 Å². The summed E-state index contributed by atoms with van der Waals surface area (Å²) < 4.78 is 0. The molecule has 2 rings (SSSR count). The zero-order valence-electron chi connectivity index (χ0n) is 11.4. The van der Waals surface area contributed by atoms with Crippen molar-refractivity contribution in [1.82, 2.24) is 10.6 Å². The van der Waals surface area contributed by atoms with Crippen molar-refractivity contribution in [1.29, 1.82) is 0 Å². The molecule has 3 N–H and O–H groups in total. The van der Waals surface area contributed by atoms with Gasteiger partial charge < -0.3 is 15.7 Å². The second kappa shape index (κ2) is 6.57. The van der Waals surface area contributed by atoms with Crippen molar-refractivity contribution in [3.63, 3.8) is 0 Å². The molecule has 2 unspecified atom stereocenters. The molecule has 1 saturated carbocycles. The van der Waals surface area contributed by atoms with Gasteiger partial charge in [0.2, 0.25) is 0 Å². The topological polar surface area (TPSA) is 61.4 Å². The monoisotopic (exact) mass is 262 g/mol. The largest absolute Gasteiger partial charge is 0.392 e. The third-order valence-corrected chi connectivity index (χ3v) is 3.63. The number of benzene rings is 1. The summed E-state index contributed by atoms with van der Waals surface area (Å²) in [6.07, 6.45) is 3.47. The molecule has 2 amide bonds. The summed E-state index contributed by atoms with van der Waals surface area (Å²) >= 11 is 0. The molecule has 104 valence electrons. The van der Waals surface area contributed by atoms with E-state index in [0.29, 0.717) is 18.5 Å². The van der Waals surface area contributed by atoms with Crippen molar-refractivity contribution in [2.75, 3.05) is 0 Å². The van der Waals surface area contributed by atoms with Crippen molar-refractivity contribution in [3.8, 4) is 0 Å². The predicted octanol–water partition coefficient (Wildman–Crippen LogP) is 2.17. The molecule has 1 aliphatic carbocycles. The zero-order chi connectivity index (χ0) is 13.7. The highest BCUT2D eigenvalue weighted by Gasteiger charge is 2.36. The van der Waals surface area contributed by atoms with Crippen LogP contribution in [0.3, 0.4) is 0 Å². The van der Waals surface area contributed by atoms with Crippen LogP contribution >= 0.6 is 0 Å². The van der Waals surface area contributed by atoms with Crippen molar-refractivity contribution in [3.05, 3.63) is 35.4 Å². The van der Waals surface area contributed by atoms with Crippen molar-refractivity contribution >= 4 is 6.03 Å². The minimum absolute atomic E-state index is 0.000666. The molecule has 0 aliphatic heterocycles. The molecule has 0 bridgehead atoms. The van der Waals surface area contributed by atoms with Gasteiger partial charge in [-0.2, -0.15) is 0 Å². The Morgan fingerprint density at radius 2 is 2.11 bits per heavy atom. The summed E-state index contributed by atoms with van der Waals surface area (Å²) in [7, 11) is 0. The second-order valence-corrected chi connectivity index (χ2v) is 5.14. The molecular weight excluding hydrogens is 240 g/mol. The molecule has 2 atom stereocenters. The van der Waals surface area contributed by atoms with E-state index in [4.69, 9.17) is 0 Å². The average Bonchev–Trinajstić information content (AvgIpc) is 3.15. The van der Waals surface area contributed by atoms with E-state index in [1.807, 2.05) is 24.3 Å². The Kier molecular flexibility index (Phi) is 4.80. The Hall–Kier alpha value is -1.55. The Labute approximate surface area is 114 Å². The van der Waals surface area contributed by atoms with Crippen molar-refractivity contribution in [2.45, 2.75) is 45.4 Å². The first-order valence-corrected chi connectivity index (χ1v) is 6.96. The summed E-state index contributed by atoms with van der Waals surface area (Å²) in [6, 6.07) is 7.82. The predicted molar refractivity (Wildman–Crippen MR) is 74.5 cm³/mol. The number of carbonyl (C=O) groups is 1. The van der Waals surface area contributed by atoms with Gasteiger partial charge in [-0.1, -0.05) is 37.6 Å². The Morgan fingerprint density at radius 1 is 1.37 bits per heavy atom. The first kappa shape index (κ1) is 13.9. The molecule has 4 heteroatoms. The van der Waals surface area contributed by atoms with E-state index in [2.05, 4.69) is 17.6 Å². The number of hydrogen-bond acceptors (Lipinski definition) is 2. The second-order valence-electron chi connectivity index (χ2n) is 5.14. The quantitative estimate of drug-likeness (QED) is 0.735. The fourth-order valence-electron chi connectivity index (χ4n) is 2.39. The SMILES string of the molecule is CCCC1CC1NC(=O)NCc1ccccc1CO. The summed E-state index contributed by atoms with van der Waals surface area (Å²) in [5.41, 5.74) is 1.82. The van der Waals surface area contributed by atoms with Gasteiger partial charge in [-0.25, -0.2) is 4.79 Å². The molecule has 1 fully saturated rings. The van der Waals surface area contributed by atoms with Crippen LogP contribution in [-0.2, 0) is 13.2 Å². The molecule has 1 aromatic rings. The van der Waals surface area contributed by atoms with Gasteiger partial charge in [0.05, 0.1) is 6.61 Å². The summed E-state index contributed by atoms with van der Waals surface area (Å²) in [5.74, 6) is 0.667. The molecule has 1 aromatic carbocycles. The van der Waals surface area contributed by atoms with Gasteiger partial charge in [-0.3, -0.25) is 0 Å². The van der Waals surface area contributed by atoms with E-state index < -0.39 is 0 Å². The fourth-order valence-corrected chi connectivity index (χ4v) is 2.39. The molecule has 0 aromatic heterocycles. The number of urea groups is 1. The van der Waals surface area contributed by atoms with Crippen LogP contribution in [-0.4, -0.2) is 17.2 Å². The first-order valence-electron chi connectivity index (χ1n) is 6.96. The van der Waals surface area contributed by atoms with Crippen LogP contribution in [0, 0.1) is 5.92 Å². The summed E-state index contributed by atoms with van der Waals surface area (Å²) in [6.45, 7) is 2.62. The number of amides is 2. The maximum absolute atomic E-state index is 11.7. The Bertz CT molecular complexity index is 434. The van der Waals surface area contributed by atoms with Crippen LogP contribution in [0.15, 0.2) is 24.3 Å². The maximum atomic E-state index is 11.7. The highest BCUT2D eigenvalue weighted by molar-refractivity contribution is 5.74. The first-order chi connectivity index (χ1) is 9.24. The van der Waals surface area contributed by atoms with Crippen LogP contribution in [0.5, 0.6) is 0 Å². The zero-order valence-corrected chi connectivity index (χ0v) is 11.4. The van der Waals surface area contributed by atoms with Crippen molar-refractivity contribution < 1.29 is 9.90 Å². The van der Waals surface area contributed by atoms with E-state index in [1.165, 1.54) is 12.8 Å². The van der Waals surface area contributed by atoms with Gasteiger partial charge >= 0.3 is 6.03 Å². The van der Waals surface area contributed by atoms with Crippen LogP contribution in [0.2, 0.25) is 0 Å². The van der Waals surface area contributed by atoms with Gasteiger partial charge in [0.25, 0.3) is 0 Å². The van der Waals surface area contributed by atoms with E-state index in [1.54, 1.807) is 0 Å². The third kappa shape index (κ3) is 3.96. The van der Waals surface area contributed by atoms with E-state index in [-0.39, 0.29) is 12.6 Å². The normalized spacial score (nSPS) is 20.9. The number of carbonyl (C=O) groups excluding carboxylic acids is 1. The molecule has 4 nitrogen and oxygen atoms in total. The van der Waals surface area contributed by atoms with Crippen LogP contribution < -0.4 is 10.6 Å². The number of nitrogens with one attached hydrogen (secondary N) is 2. The number of aliphatic hydroxyl groups excluding tert-OH is 1. The standard InChI is InChI=1S/C15H22N2O2/c1-2-5-11-8-14(11)17-15(19)16-9-12-6-3-4-7-13(12)10-18/h3-4,6-7,11,14,18H,2,5,8-10H2,1H3,(H2,16,17,19). The average molecular weight is 262 g/mol. The lowest BCUT2D eigenvalue weighted by Gasteiger charge is -2.10. The number of rotatable bonds is 6. The minimum Gasteiger partial charge on any atom is -0.392 e. The lowest BCUT2D eigenvalue weighted by atomic mass is 10.1. The number of aliphatic hydroxyl groups is 1. The summed E-state index contributed by atoms with van der Waals surface area (Å²) in [5, 5.41) is 15.0. The number of hydrogen-bond donors (Lipinski definition) is 3. The molecular formula is C15H22N2O2. The lowest BCUT2D eigenvalue weighted by molar-refractivity contribution is 0.239. The third-order valence-electron chi connectivity index (χ3n) is 3.63. The van der Waals surface area contributed by atoms with Crippen LogP contribution in [0.4, 0.5) is 4.79 Å². The molecule has 0 spiro atoms. The van der Waals surface area contributed by atoms with Crippen molar-refractivity contribution in [2.24, 2.45) is 5.92 Å². The van der Waals surface area contributed by atoms with Crippen LogP contribution in [0.1, 0.15) is 37.3 Å². The summed E-state index contributed by atoms with van der Waals surface area (Å²) in [4.78, 5) is 11.7. The van der Waals surface area contributed by atoms with Gasteiger partial charge in [0, 0.05) is 12.6 Å².